The number of cyclic esters (lactones) is 1. The summed E-state index contributed by atoms with van der Waals surface area (Å²) >= 11 is 0. The second kappa shape index (κ2) is 17.6. The summed E-state index contributed by atoms with van der Waals surface area (Å²) in [4.78, 5) is 25.3. The summed E-state index contributed by atoms with van der Waals surface area (Å²) in [6.07, 6.45) is -13.2. The van der Waals surface area contributed by atoms with Crippen molar-refractivity contribution in [1.29, 1.82) is 0 Å². The van der Waals surface area contributed by atoms with Gasteiger partial charge < -0.3 is 88.6 Å². The van der Waals surface area contributed by atoms with Crippen LogP contribution in [0.2, 0.25) is 0 Å². The van der Waals surface area contributed by atoms with Crippen LogP contribution in [0.25, 0.3) is 0 Å². The maximum Gasteiger partial charge on any atom is 0.331 e. The molecule has 8 aliphatic rings. The van der Waals surface area contributed by atoms with Crippen LogP contribution >= 0.6 is 0 Å². The van der Waals surface area contributed by atoms with E-state index in [1.807, 2.05) is 0 Å². The van der Waals surface area contributed by atoms with Crippen molar-refractivity contribution in [3.05, 3.63) is 11.6 Å². The van der Waals surface area contributed by atoms with Crippen LogP contribution in [0.3, 0.4) is 0 Å². The minimum atomic E-state index is -1.79. The lowest BCUT2D eigenvalue weighted by atomic mass is 9.43. The summed E-state index contributed by atoms with van der Waals surface area (Å²) in [5.74, 6) is -0.343. The second-order valence-electron chi connectivity index (χ2n) is 19.1. The number of ether oxygens (including phenoxy) is 8. The van der Waals surface area contributed by atoms with E-state index in [9.17, 15) is 55.5 Å². The van der Waals surface area contributed by atoms with Gasteiger partial charge in [-0.15, -0.1) is 0 Å². The van der Waals surface area contributed by atoms with Crippen molar-refractivity contribution < 1.29 is 93.4 Å². The zero-order valence-corrected chi connectivity index (χ0v) is 34.8. The van der Waals surface area contributed by atoms with E-state index in [2.05, 4.69) is 6.92 Å². The lowest BCUT2D eigenvalue weighted by Gasteiger charge is -2.63. The van der Waals surface area contributed by atoms with Crippen LogP contribution in [0.5, 0.6) is 0 Å². The molecule has 61 heavy (non-hydrogen) atoms. The fourth-order valence-corrected chi connectivity index (χ4v) is 12.9. The predicted molar refractivity (Wildman–Crippen MR) is 203 cm³/mol. The van der Waals surface area contributed by atoms with Gasteiger partial charge in [-0.05, 0) is 94.0 Å². The van der Waals surface area contributed by atoms with Crippen LogP contribution in [0.1, 0.15) is 71.6 Å². The van der Waals surface area contributed by atoms with Crippen molar-refractivity contribution >= 4 is 12.3 Å². The Morgan fingerprint density at radius 2 is 1.46 bits per heavy atom. The zero-order valence-electron chi connectivity index (χ0n) is 34.8. The molecule has 0 unspecified atom stereocenters. The van der Waals surface area contributed by atoms with Gasteiger partial charge in [0.1, 0.15) is 80.0 Å². The largest absolute Gasteiger partial charge is 0.458 e. The van der Waals surface area contributed by atoms with E-state index in [0.717, 1.165) is 44.0 Å². The number of carbonyl (C=O) groups is 2. The van der Waals surface area contributed by atoms with Gasteiger partial charge in [0.25, 0.3) is 0 Å². The summed E-state index contributed by atoms with van der Waals surface area (Å²) < 4.78 is 46.4. The Hall–Kier alpha value is -1.76. The quantitative estimate of drug-likeness (QED) is 0.0613. The third-order valence-corrected chi connectivity index (χ3v) is 16.3. The highest BCUT2D eigenvalue weighted by Gasteiger charge is 2.69. The molecule has 4 aliphatic heterocycles. The number of hydrogen-bond acceptors (Lipinski definition) is 19. The number of fused-ring (bicyclic) bond motifs is 5. The number of aldehydes is 1. The summed E-state index contributed by atoms with van der Waals surface area (Å²) in [6.45, 7) is 2.83. The third kappa shape index (κ3) is 7.64. The summed E-state index contributed by atoms with van der Waals surface area (Å²) in [5, 5.41) is 96.6. The summed E-state index contributed by atoms with van der Waals surface area (Å²) in [7, 11) is 1.36. The number of aliphatic hydroxyl groups is 9. The molecule has 0 aromatic rings. The molecule has 8 rings (SSSR count). The average molecular weight is 873 g/mol. The number of hydrogen-bond donors (Lipinski definition) is 9. The Balaban J connectivity index is 0.887. The Bertz CT molecular complexity index is 1620. The second-order valence-corrected chi connectivity index (χ2v) is 19.1. The van der Waals surface area contributed by atoms with E-state index in [4.69, 9.17) is 37.9 Å². The van der Waals surface area contributed by atoms with Gasteiger partial charge in [0.15, 0.2) is 18.9 Å². The maximum absolute atomic E-state index is 13.3. The normalized spacial score (nSPS) is 53.6. The molecule has 3 saturated heterocycles. The first-order valence-corrected chi connectivity index (χ1v) is 21.9. The molecule has 19 nitrogen and oxygen atoms in total. The van der Waals surface area contributed by atoms with E-state index in [1.165, 1.54) is 7.11 Å². The van der Waals surface area contributed by atoms with Gasteiger partial charge in [-0.1, -0.05) is 6.92 Å². The lowest BCUT2D eigenvalue weighted by Crippen LogP contribution is -2.65. The molecular formula is C42H64O19. The molecule has 4 aliphatic carbocycles. The van der Waals surface area contributed by atoms with Crippen LogP contribution in [0.4, 0.5) is 0 Å². The lowest BCUT2D eigenvalue weighted by molar-refractivity contribution is -0.367. The molecule has 19 heteroatoms. The average Bonchev–Trinajstić information content (AvgIpc) is 3.80. The first kappa shape index (κ1) is 45.8. The molecule has 0 radical (unpaired) electrons. The SMILES string of the molecule is CO[C@H]1[C@@H](O)[C@@H](O[C@H]2CC[C@@]3(C=O)[C@H](CC[C@@H]4[C@@H]3CC[C@]3(C)[C@H](C5=CC(=O)OC5)CC[C@]43O)C2)O[C@H](C)[C@@H]1O[C@@H]1O[C@H](CO[C@@H]2O[C@H](CO)[C@H](O)[C@H](O)[C@H]2O)[C@H](O)[C@H](O)[C@H]1O. The van der Waals surface area contributed by atoms with E-state index in [0.29, 0.717) is 25.7 Å². The molecule has 4 saturated carbocycles. The number of methoxy groups -OCH3 is 1. The third-order valence-electron chi connectivity index (χ3n) is 16.3. The maximum atomic E-state index is 13.3. The van der Waals surface area contributed by atoms with Gasteiger partial charge >= 0.3 is 5.97 Å². The minimum absolute atomic E-state index is 0.000150. The van der Waals surface area contributed by atoms with E-state index < -0.39 is 122 Å². The van der Waals surface area contributed by atoms with Crippen LogP contribution in [-0.2, 0) is 47.5 Å². The van der Waals surface area contributed by atoms with Crippen LogP contribution in [-0.4, -0.2) is 189 Å². The van der Waals surface area contributed by atoms with Crippen molar-refractivity contribution in [2.24, 2.45) is 34.5 Å². The molecule has 23 atom stereocenters. The monoisotopic (exact) mass is 872 g/mol. The van der Waals surface area contributed by atoms with E-state index in [-0.39, 0.29) is 42.4 Å². The minimum Gasteiger partial charge on any atom is -0.458 e. The fraction of sp³-hybridized carbons (Fsp3) is 0.905. The van der Waals surface area contributed by atoms with Crippen LogP contribution in [0.15, 0.2) is 11.6 Å². The molecular weight excluding hydrogens is 808 g/mol. The topological polar surface area (TPSA) is 290 Å². The van der Waals surface area contributed by atoms with Gasteiger partial charge in [0.05, 0.1) is 31.0 Å². The Labute approximate surface area is 353 Å². The van der Waals surface area contributed by atoms with Crippen molar-refractivity contribution in [3.63, 3.8) is 0 Å². The molecule has 0 aromatic heterocycles. The molecule has 4 heterocycles. The predicted octanol–water partition coefficient (Wildman–Crippen LogP) is -2.06. The van der Waals surface area contributed by atoms with Crippen LogP contribution in [0, 0.1) is 34.5 Å². The van der Waals surface area contributed by atoms with Gasteiger partial charge in [-0.3, -0.25) is 0 Å². The van der Waals surface area contributed by atoms with Crippen molar-refractivity contribution in [2.45, 2.75) is 175 Å². The van der Waals surface area contributed by atoms with Crippen LogP contribution < -0.4 is 0 Å². The van der Waals surface area contributed by atoms with E-state index >= 15 is 0 Å². The Morgan fingerprint density at radius 3 is 2.13 bits per heavy atom. The molecule has 0 spiro atoms. The molecule has 7 fully saturated rings. The highest BCUT2D eigenvalue weighted by atomic mass is 16.8. The number of aliphatic hydroxyl groups excluding tert-OH is 8. The van der Waals surface area contributed by atoms with Crippen molar-refractivity contribution in [3.8, 4) is 0 Å². The Kier molecular flexibility index (Phi) is 13.2. The molecule has 0 bridgehead atoms. The molecule has 0 amide bonds. The smallest absolute Gasteiger partial charge is 0.331 e. The summed E-state index contributed by atoms with van der Waals surface area (Å²) in [5.41, 5.74) is -1.07. The van der Waals surface area contributed by atoms with Gasteiger partial charge in [0.2, 0.25) is 0 Å². The molecule has 9 N–H and O–H groups in total. The Morgan fingerprint density at radius 1 is 0.770 bits per heavy atom. The highest BCUT2D eigenvalue weighted by Crippen LogP contribution is 2.69. The molecule has 0 aromatic carbocycles. The van der Waals surface area contributed by atoms with Crippen molar-refractivity contribution in [1.82, 2.24) is 0 Å². The van der Waals surface area contributed by atoms with Gasteiger partial charge in [-0.25, -0.2) is 4.79 Å². The first-order chi connectivity index (χ1) is 29.0. The standard InChI is InChI=1S/C42H64O19/c1-18-35(61-38-33(51)31(49)29(47)26(60-38)16-56-37-32(50)30(48)28(46)25(14-43)59-37)36(54-3)34(52)39(57-18)58-21-6-10-41(17-44)20(13-21)4-5-24-23(41)7-9-40(2)22(8-11-42(24,40)53)19-12-27(45)55-15-19/h12,17-18,20-26,28-39,43,46-53H,4-11,13-16H2,1-3H3/t18-,20-,21+,22+,23+,24-,25-,26-,28+,29+,30+,31+,32-,33-,34-,35+,36+,37-,38+,39-,40-,41-,42+/m1/s1. The number of rotatable bonds is 11. The van der Waals surface area contributed by atoms with E-state index in [1.54, 1.807) is 13.0 Å². The number of carbonyl (C=O) groups excluding carboxylic acids is 2. The van der Waals surface area contributed by atoms with Gasteiger partial charge in [0, 0.05) is 24.0 Å². The molecule has 346 valence electrons. The highest BCUT2D eigenvalue weighted by molar-refractivity contribution is 5.85. The summed E-state index contributed by atoms with van der Waals surface area (Å²) in [6, 6.07) is 0. The first-order valence-electron chi connectivity index (χ1n) is 21.9. The van der Waals surface area contributed by atoms with Crippen molar-refractivity contribution in [2.75, 3.05) is 26.9 Å². The van der Waals surface area contributed by atoms with Gasteiger partial charge in [-0.2, -0.15) is 0 Å². The zero-order chi connectivity index (χ0) is 43.8. The fourth-order valence-electron chi connectivity index (χ4n) is 12.9. The number of esters is 1.